The first kappa shape index (κ1) is 14.3. The van der Waals surface area contributed by atoms with E-state index < -0.39 is 0 Å². The van der Waals surface area contributed by atoms with E-state index in [9.17, 15) is 0 Å². The van der Waals surface area contributed by atoms with Crippen LogP contribution in [0.25, 0.3) is 0 Å². The van der Waals surface area contributed by atoms with E-state index in [1.165, 1.54) is 44.9 Å². The van der Waals surface area contributed by atoms with E-state index in [2.05, 4.69) is 6.92 Å². The van der Waals surface area contributed by atoms with Crippen molar-refractivity contribution in [2.24, 2.45) is 11.3 Å². The van der Waals surface area contributed by atoms with Gasteiger partial charge in [-0.3, -0.25) is 0 Å². The van der Waals surface area contributed by atoms with Crippen LogP contribution in [0.1, 0.15) is 58.3 Å². The monoisotopic (exact) mass is 246 g/mol. The molecule has 16 heavy (non-hydrogen) atoms. The first-order valence-corrected chi connectivity index (χ1v) is 7.34. The van der Waals surface area contributed by atoms with Gasteiger partial charge in [0.05, 0.1) is 0 Å². The molecule has 0 bridgehead atoms. The zero-order chi connectivity index (χ0) is 11.9. The van der Waals surface area contributed by atoms with Crippen molar-refractivity contribution in [1.29, 1.82) is 0 Å². The Morgan fingerprint density at radius 3 is 2.50 bits per heavy atom. The van der Waals surface area contributed by atoms with Crippen LogP contribution in [-0.4, -0.2) is 19.6 Å². The largest absolute Gasteiger partial charge is 0.385 e. The lowest BCUT2D eigenvalue weighted by atomic mass is 9.69. The molecule has 1 fully saturated rings. The summed E-state index contributed by atoms with van der Waals surface area (Å²) in [6, 6.07) is 0. The lowest BCUT2D eigenvalue weighted by molar-refractivity contribution is 0.0999. The van der Waals surface area contributed by atoms with Crippen molar-refractivity contribution >= 4 is 11.6 Å². The molecule has 0 aromatic carbocycles. The Balaban J connectivity index is 2.31. The van der Waals surface area contributed by atoms with Crippen molar-refractivity contribution < 1.29 is 4.74 Å². The molecular formula is C14H27ClO. The van der Waals surface area contributed by atoms with Gasteiger partial charge in [0, 0.05) is 19.6 Å². The number of alkyl halides is 1. The Bertz CT molecular complexity index is 174. The highest BCUT2D eigenvalue weighted by Crippen LogP contribution is 2.43. The number of rotatable bonds is 7. The normalized spacial score (nSPS) is 30.6. The van der Waals surface area contributed by atoms with Crippen LogP contribution in [0.4, 0.5) is 0 Å². The average molecular weight is 247 g/mol. The molecule has 0 aromatic heterocycles. The fourth-order valence-corrected chi connectivity index (χ4v) is 3.24. The summed E-state index contributed by atoms with van der Waals surface area (Å²) in [4.78, 5) is 0. The van der Waals surface area contributed by atoms with E-state index >= 15 is 0 Å². The smallest absolute Gasteiger partial charge is 0.0467 e. The number of hydrogen-bond donors (Lipinski definition) is 0. The van der Waals surface area contributed by atoms with E-state index in [0.29, 0.717) is 5.41 Å². The highest BCUT2D eigenvalue weighted by atomic mass is 35.5. The molecule has 0 radical (unpaired) electrons. The third kappa shape index (κ3) is 4.25. The highest BCUT2D eigenvalue weighted by molar-refractivity contribution is 6.18. The van der Waals surface area contributed by atoms with Gasteiger partial charge in [0.1, 0.15) is 0 Å². The summed E-state index contributed by atoms with van der Waals surface area (Å²) in [5, 5.41) is 0. The molecule has 0 unspecified atom stereocenters. The number of methoxy groups -OCH3 is 1. The molecule has 0 heterocycles. The third-order valence-electron chi connectivity index (χ3n) is 4.25. The third-order valence-corrected chi connectivity index (χ3v) is 4.82. The van der Waals surface area contributed by atoms with Gasteiger partial charge in [0.15, 0.2) is 0 Å². The van der Waals surface area contributed by atoms with Crippen LogP contribution in [0.15, 0.2) is 0 Å². The molecule has 0 aliphatic heterocycles. The van der Waals surface area contributed by atoms with E-state index in [0.717, 1.165) is 24.8 Å². The zero-order valence-electron chi connectivity index (χ0n) is 10.9. The van der Waals surface area contributed by atoms with Crippen LogP contribution in [0.5, 0.6) is 0 Å². The Morgan fingerprint density at radius 1 is 1.31 bits per heavy atom. The van der Waals surface area contributed by atoms with Crippen LogP contribution in [0.2, 0.25) is 0 Å². The summed E-state index contributed by atoms with van der Waals surface area (Å²) >= 11 is 6.17. The van der Waals surface area contributed by atoms with Gasteiger partial charge < -0.3 is 4.74 Å². The second-order valence-corrected chi connectivity index (χ2v) is 5.73. The van der Waals surface area contributed by atoms with Crippen molar-refractivity contribution in [3.63, 3.8) is 0 Å². The molecule has 96 valence electrons. The van der Waals surface area contributed by atoms with Crippen LogP contribution in [-0.2, 0) is 4.74 Å². The Hall–Kier alpha value is 0.250. The van der Waals surface area contributed by atoms with Crippen LogP contribution in [0, 0.1) is 11.3 Å². The van der Waals surface area contributed by atoms with Gasteiger partial charge in [0.25, 0.3) is 0 Å². The van der Waals surface area contributed by atoms with Crippen molar-refractivity contribution in [3.05, 3.63) is 0 Å². The molecule has 1 aliphatic rings. The Kier molecular flexibility index (Phi) is 6.75. The van der Waals surface area contributed by atoms with Crippen molar-refractivity contribution in [3.8, 4) is 0 Å². The highest BCUT2D eigenvalue weighted by Gasteiger charge is 2.33. The molecule has 0 aromatic rings. The topological polar surface area (TPSA) is 9.23 Å². The second kappa shape index (κ2) is 7.55. The lowest BCUT2D eigenvalue weighted by Gasteiger charge is -2.39. The minimum Gasteiger partial charge on any atom is -0.385 e. The molecule has 2 heteroatoms. The van der Waals surface area contributed by atoms with Crippen LogP contribution >= 0.6 is 11.6 Å². The predicted molar refractivity (Wildman–Crippen MR) is 71.1 cm³/mol. The van der Waals surface area contributed by atoms with Gasteiger partial charge in [-0.2, -0.15) is 0 Å². The minimum atomic E-state index is 0.389. The van der Waals surface area contributed by atoms with Gasteiger partial charge >= 0.3 is 0 Å². The molecule has 0 amide bonds. The van der Waals surface area contributed by atoms with Gasteiger partial charge in [-0.05, 0) is 43.4 Å². The molecular weight excluding hydrogens is 220 g/mol. The number of ether oxygens (including phenoxy) is 1. The summed E-state index contributed by atoms with van der Waals surface area (Å²) in [6.45, 7) is 3.15. The zero-order valence-corrected chi connectivity index (χ0v) is 11.7. The fraction of sp³-hybridized carbons (Fsp3) is 1.00. The minimum absolute atomic E-state index is 0.389. The summed E-state index contributed by atoms with van der Waals surface area (Å²) in [6.07, 6.45) is 10.7. The van der Waals surface area contributed by atoms with Gasteiger partial charge in [-0.15, -0.1) is 11.6 Å². The lowest BCUT2D eigenvalue weighted by Crippen LogP contribution is -2.30. The maximum Gasteiger partial charge on any atom is 0.0467 e. The molecule has 1 saturated carbocycles. The fourth-order valence-electron chi connectivity index (χ4n) is 2.84. The molecule has 0 saturated heterocycles. The van der Waals surface area contributed by atoms with E-state index in [1.807, 2.05) is 0 Å². The summed E-state index contributed by atoms with van der Waals surface area (Å²) in [5.41, 5.74) is 0.389. The van der Waals surface area contributed by atoms with Gasteiger partial charge in [0.2, 0.25) is 0 Å². The number of hydrogen-bond acceptors (Lipinski definition) is 1. The Morgan fingerprint density at radius 2 is 2.00 bits per heavy atom. The SMILES string of the molecule is CCCCC1CCC(CCl)(CCOC)CC1. The number of halogens is 1. The molecule has 1 rings (SSSR count). The Labute approximate surface area is 106 Å². The van der Waals surface area contributed by atoms with E-state index in [-0.39, 0.29) is 0 Å². The first-order chi connectivity index (χ1) is 7.76. The summed E-state index contributed by atoms with van der Waals surface area (Å²) in [5.74, 6) is 1.79. The quantitative estimate of drug-likeness (QED) is 0.596. The number of unbranched alkanes of at least 4 members (excludes halogenated alkanes) is 1. The van der Waals surface area contributed by atoms with Crippen LogP contribution in [0.3, 0.4) is 0 Å². The standard InChI is InChI=1S/C14H27ClO/c1-3-4-5-13-6-8-14(12-15,9-7-13)10-11-16-2/h13H,3-12H2,1-2H3. The maximum absolute atomic E-state index is 6.17. The second-order valence-electron chi connectivity index (χ2n) is 5.46. The molecule has 1 aliphatic carbocycles. The van der Waals surface area contributed by atoms with Crippen LogP contribution < -0.4 is 0 Å². The first-order valence-electron chi connectivity index (χ1n) is 6.81. The average Bonchev–Trinajstić information content (AvgIpc) is 2.35. The predicted octanol–water partition coefficient (Wildman–Crippen LogP) is 4.63. The van der Waals surface area contributed by atoms with Crippen molar-refractivity contribution in [1.82, 2.24) is 0 Å². The van der Waals surface area contributed by atoms with Crippen molar-refractivity contribution in [2.75, 3.05) is 19.6 Å². The summed E-state index contributed by atoms with van der Waals surface area (Å²) in [7, 11) is 1.79. The van der Waals surface area contributed by atoms with E-state index in [4.69, 9.17) is 16.3 Å². The summed E-state index contributed by atoms with van der Waals surface area (Å²) < 4.78 is 5.20. The van der Waals surface area contributed by atoms with Crippen molar-refractivity contribution in [2.45, 2.75) is 58.3 Å². The molecule has 0 N–H and O–H groups in total. The molecule has 0 spiro atoms. The van der Waals surface area contributed by atoms with Gasteiger partial charge in [-0.1, -0.05) is 26.2 Å². The molecule has 1 nitrogen and oxygen atoms in total. The maximum atomic E-state index is 6.17. The van der Waals surface area contributed by atoms with E-state index in [1.54, 1.807) is 7.11 Å². The van der Waals surface area contributed by atoms with Gasteiger partial charge in [-0.25, -0.2) is 0 Å². The molecule has 0 atom stereocenters.